The molecule has 6 nitrogen and oxygen atoms in total. The molecule has 0 saturated heterocycles. The summed E-state index contributed by atoms with van der Waals surface area (Å²) in [6, 6.07) is 11.9. The average Bonchev–Trinajstić information content (AvgIpc) is 3.09. The van der Waals surface area contributed by atoms with Gasteiger partial charge in [-0.2, -0.15) is 4.98 Å². The van der Waals surface area contributed by atoms with Crippen molar-refractivity contribution in [3.8, 4) is 17.4 Å². The van der Waals surface area contributed by atoms with Crippen molar-refractivity contribution >= 4 is 6.29 Å². The van der Waals surface area contributed by atoms with Crippen LogP contribution in [0.2, 0.25) is 0 Å². The molecule has 0 saturated carbocycles. The summed E-state index contributed by atoms with van der Waals surface area (Å²) in [6.45, 7) is 0.196. The Morgan fingerprint density at radius 3 is 2.35 bits per heavy atom. The second-order valence-corrected chi connectivity index (χ2v) is 5.10. The van der Waals surface area contributed by atoms with Crippen LogP contribution in [-0.2, 0) is 11.4 Å². The minimum Gasteiger partial charge on any atom is -0.458 e. The number of benzene rings is 2. The van der Waals surface area contributed by atoms with E-state index < -0.39 is 6.36 Å². The molecule has 9 heteroatoms. The molecular weight excluding hydrogens is 351 g/mol. The fourth-order valence-electron chi connectivity index (χ4n) is 2.06. The van der Waals surface area contributed by atoms with Gasteiger partial charge in [0.25, 0.3) is 0 Å². The third kappa shape index (κ3) is 4.59. The number of alkyl halides is 3. The summed E-state index contributed by atoms with van der Waals surface area (Å²) in [7, 11) is 0. The van der Waals surface area contributed by atoms with Gasteiger partial charge in [0.05, 0.1) is 5.69 Å². The smallest absolute Gasteiger partial charge is 0.458 e. The van der Waals surface area contributed by atoms with Crippen molar-refractivity contribution < 1.29 is 27.4 Å². The summed E-state index contributed by atoms with van der Waals surface area (Å²) in [4.78, 5) is 14.5. The Morgan fingerprint density at radius 2 is 1.73 bits per heavy atom. The number of nitrogens with zero attached hydrogens (tertiary/aromatic N) is 3. The molecule has 3 aromatic rings. The van der Waals surface area contributed by atoms with Gasteiger partial charge in [0.1, 0.15) is 18.7 Å². The molecule has 2 aromatic carbocycles. The second kappa shape index (κ2) is 7.26. The predicted octanol–water partition coefficient (Wildman–Crippen LogP) is 3.20. The number of rotatable bonds is 6. The van der Waals surface area contributed by atoms with Gasteiger partial charge in [0.2, 0.25) is 6.29 Å². The maximum atomic E-state index is 12.2. The molecular formula is C17H11F3N3O3. The third-order valence-corrected chi connectivity index (χ3v) is 3.25. The van der Waals surface area contributed by atoms with Crippen molar-refractivity contribution in [3.05, 3.63) is 66.0 Å². The molecule has 0 amide bonds. The van der Waals surface area contributed by atoms with Crippen molar-refractivity contribution in [1.82, 2.24) is 14.8 Å². The van der Waals surface area contributed by atoms with Crippen LogP contribution in [0.1, 0.15) is 11.1 Å². The van der Waals surface area contributed by atoms with E-state index in [0.29, 0.717) is 11.3 Å². The number of hydrogen-bond acceptors (Lipinski definition) is 5. The molecule has 1 aromatic heterocycles. The highest BCUT2D eigenvalue weighted by Crippen LogP contribution is 2.23. The molecule has 0 N–H and O–H groups in total. The Kier molecular flexibility index (Phi) is 4.87. The standard InChI is InChI=1S/C17H11F3N3O3/c18-17(19,20)26-15-7-5-14(6-8-15)23-11-21-16(22-23)25-10-13-3-1-12(9-24)2-4-13/h1-8,11H,10H2. The van der Waals surface area contributed by atoms with Gasteiger partial charge in [-0.1, -0.05) is 24.3 Å². The molecule has 0 bridgehead atoms. The zero-order chi connectivity index (χ0) is 18.6. The van der Waals surface area contributed by atoms with E-state index in [1.54, 1.807) is 30.6 Å². The van der Waals surface area contributed by atoms with Crippen molar-refractivity contribution in [3.63, 3.8) is 0 Å². The van der Waals surface area contributed by atoms with Gasteiger partial charge in [-0.15, -0.1) is 18.3 Å². The van der Waals surface area contributed by atoms with Gasteiger partial charge in [0.15, 0.2) is 0 Å². The molecule has 26 heavy (non-hydrogen) atoms. The summed E-state index contributed by atoms with van der Waals surface area (Å²) in [5, 5.41) is 4.09. The molecule has 0 unspecified atom stereocenters. The lowest BCUT2D eigenvalue weighted by Crippen LogP contribution is -2.17. The Hall–Kier alpha value is -3.36. The van der Waals surface area contributed by atoms with E-state index in [4.69, 9.17) is 4.74 Å². The number of hydrogen-bond donors (Lipinski definition) is 0. The van der Waals surface area contributed by atoms with E-state index in [1.165, 1.54) is 35.3 Å². The van der Waals surface area contributed by atoms with Gasteiger partial charge in [-0.25, -0.2) is 4.68 Å². The van der Waals surface area contributed by atoms with Crippen molar-refractivity contribution in [1.29, 1.82) is 0 Å². The van der Waals surface area contributed by atoms with Crippen LogP contribution in [0.4, 0.5) is 13.2 Å². The van der Waals surface area contributed by atoms with Crippen LogP contribution in [0, 0.1) is 0 Å². The van der Waals surface area contributed by atoms with Crippen LogP contribution in [0.25, 0.3) is 5.69 Å². The third-order valence-electron chi connectivity index (χ3n) is 3.25. The van der Waals surface area contributed by atoms with Gasteiger partial charge in [0, 0.05) is 5.56 Å². The first-order valence-corrected chi connectivity index (χ1v) is 7.31. The molecule has 1 radical (unpaired) electrons. The molecule has 0 aliphatic carbocycles. The van der Waals surface area contributed by atoms with E-state index in [1.807, 2.05) is 0 Å². The zero-order valence-electron chi connectivity index (χ0n) is 13.1. The SMILES string of the molecule is O=[C]c1ccc(COc2ncn(-c3ccc(OC(F)(F)F)cc3)n2)cc1. The highest BCUT2D eigenvalue weighted by Gasteiger charge is 2.30. The molecule has 0 spiro atoms. The minimum absolute atomic E-state index is 0.103. The average molecular weight is 362 g/mol. The molecule has 1 heterocycles. The van der Waals surface area contributed by atoms with Crippen molar-refractivity contribution in [2.75, 3.05) is 0 Å². The highest BCUT2D eigenvalue weighted by atomic mass is 19.4. The molecule has 0 aliphatic rings. The quantitative estimate of drug-likeness (QED) is 0.674. The number of ether oxygens (including phenoxy) is 2. The Bertz CT molecular complexity index is 875. The highest BCUT2D eigenvalue weighted by molar-refractivity contribution is 5.75. The van der Waals surface area contributed by atoms with Gasteiger partial charge < -0.3 is 9.47 Å². The monoisotopic (exact) mass is 362 g/mol. The largest absolute Gasteiger partial charge is 0.573 e. The van der Waals surface area contributed by atoms with E-state index in [-0.39, 0.29) is 18.4 Å². The van der Waals surface area contributed by atoms with E-state index in [9.17, 15) is 18.0 Å². The molecule has 0 fully saturated rings. The van der Waals surface area contributed by atoms with Crippen LogP contribution >= 0.6 is 0 Å². The van der Waals surface area contributed by atoms with Gasteiger partial charge in [-0.05, 0) is 29.8 Å². The number of halogens is 3. The summed E-state index contributed by atoms with van der Waals surface area (Å²) in [5.74, 6) is -0.325. The lowest BCUT2D eigenvalue weighted by molar-refractivity contribution is -0.274. The van der Waals surface area contributed by atoms with Crippen molar-refractivity contribution in [2.24, 2.45) is 0 Å². The number of carbonyl (C=O) groups excluding carboxylic acids is 1. The molecule has 133 valence electrons. The Morgan fingerprint density at radius 1 is 1.04 bits per heavy atom. The zero-order valence-corrected chi connectivity index (χ0v) is 13.1. The first-order chi connectivity index (χ1) is 12.4. The molecule has 0 atom stereocenters. The maximum Gasteiger partial charge on any atom is 0.573 e. The molecule has 3 rings (SSSR count). The number of aromatic nitrogens is 3. The predicted molar refractivity (Wildman–Crippen MR) is 83.6 cm³/mol. The first kappa shape index (κ1) is 17.5. The Balaban J connectivity index is 1.62. The van der Waals surface area contributed by atoms with E-state index in [2.05, 4.69) is 14.8 Å². The summed E-state index contributed by atoms with van der Waals surface area (Å²) in [5.41, 5.74) is 1.75. The normalized spacial score (nSPS) is 11.2. The van der Waals surface area contributed by atoms with Crippen LogP contribution < -0.4 is 9.47 Å². The van der Waals surface area contributed by atoms with Crippen LogP contribution in [0.15, 0.2) is 54.9 Å². The van der Waals surface area contributed by atoms with Crippen LogP contribution in [-0.4, -0.2) is 27.4 Å². The lowest BCUT2D eigenvalue weighted by Gasteiger charge is -2.09. The summed E-state index contributed by atoms with van der Waals surface area (Å²) >= 11 is 0. The fourth-order valence-corrected chi connectivity index (χ4v) is 2.06. The van der Waals surface area contributed by atoms with Crippen LogP contribution in [0.3, 0.4) is 0 Å². The topological polar surface area (TPSA) is 66.2 Å². The van der Waals surface area contributed by atoms with Crippen molar-refractivity contribution in [2.45, 2.75) is 13.0 Å². The maximum absolute atomic E-state index is 12.2. The second-order valence-electron chi connectivity index (χ2n) is 5.10. The fraction of sp³-hybridized carbons (Fsp3) is 0.118. The first-order valence-electron chi connectivity index (χ1n) is 7.31. The van der Waals surface area contributed by atoms with Crippen LogP contribution in [0.5, 0.6) is 11.8 Å². The summed E-state index contributed by atoms with van der Waals surface area (Å²) in [6.07, 6.45) is -1.59. The summed E-state index contributed by atoms with van der Waals surface area (Å²) < 4.78 is 47.1. The van der Waals surface area contributed by atoms with Gasteiger partial charge in [-0.3, -0.25) is 4.79 Å². The van der Waals surface area contributed by atoms with Gasteiger partial charge >= 0.3 is 12.4 Å². The Labute approximate surface area is 145 Å². The van der Waals surface area contributed by atoms with E-state index >= 15 is 0 Å². The van der Waals surface area contributed by atoms with E-state index in [0.717, 1.165) is 5.56 Å². The minimum atomic E-state index is -4.74. The molecule has 0 aliphatic heterocycles. The lowest BCUT2D eigenvalue weighted by atomic mass is 10.2.